The van der Waals surface area contributed by atoms with Crippen molar-refractivity contribution in [2.75, 3.05) is 18.2 Å². The highest BCUT2D eigenvalue weighted by Crippen LogP contribution is 2.18. The number of nitrogens with zero attached hydrogens (tertiary/aromatic N) is 1. The van der Waals surface area contributed by atoms with E-state index in [0.29, 0.717) is 0 Å². The van der Waals surface area contributed by atoms with Crippen molar-refractivity contribution < 1.29 is 4.79 Å². The Kier molecular flexibility index (Phi) is 3.00. The van der Waals surface area contributed by atoms with Crippen LogP contribution in [0.5, 0.6) is 0 Å². The van der Waals surface area contributed by atoms with Gasteiger partial charge in [0.25, 0.3) is 5.91 Å². The molecule has 15 heavy (non-hydrogen) atoms. The SMILES string of the molecule is Cc1ccc(C(=O)N2CCSC2)cc1C. The Morgan fingerprint density at radius 1 is 1.33 bits per heavy atom. The summed E-state index contributed by atoms with van der Waals surface area (Å²) >= 11 is 1.82. The van der Waals surface area contributed by atoms with Crippen LogP contribution in [0.1, 0.15) is 21.5 Å². The highest BCUT2D eigenvalue weighted by molar-refractivity contribution is 7.99. The number of thioether (sulfide) groups is 1. The van der Waals surface area contributed by atoms with E-state index in [4.69, 9.17) is 0 Å². The molecule has 0 aliphatic carbocycles. The smallest absolute Gasteiger partial charge is 0.254 e. The lowest BCUT2D eigenvalue weighted by Gasteiger charge is -2.14. The number of carbonyl (C=O) groups excluding carboxylic acids is 1. The maximum absolute atomic E-state index is 12.0. The van der Waals surface area contributed by atoms with Crippen LogP contribution in [0.3, 0.4) is 0 Å². The summed E-state index contributed by atoms with van der Waals surface area (Å²) < 4.78 is 0. The van der Waals surface area contributed by atoms with Crippen LogP contribution in [0.25, 0.3) is 0 Å². The fourth-order valence-electron chi connectivity index (χ4n) is 1.63. The topological polar surface area (TPSA) is 20.3 Å². The molecule has 0 radical (unpaired) electrons. The van der Waals surface area contributed by atoms with Gasteiger partial charge in [0.15, 0.2) is 0 Å². The zero-order chi connectivity index (χ0) is 10.8. The second-order valence-corrected chi connectivity index (χ2v) is 4.98. The van der Waals surface area contributed by atoms with Crippen LogP contribution >= 0.6 is 11.8 Å². The maximum Gasteiger partial charge on any atom is 0.254 e. The molecule has 1 fully saturated rings. The molecular weight excluding hydrogens is 206 g/mol. The molecule has 0 saturated carbocycles. The molecule has 80 valence electrons. The van der Waals surface area contributed by atoms with Crippen LogP contribution in [0.2, 0.25) is 0 Å². The van der Waals surface area contributed by atoms with Gasteiger partial charge >= 0.3 is 0 Å². The lowest BCUT2D eigenvalue weighted by Crippen LogP contribution is -2.27. The lowest BCUT2D eigenvalue weighted by molar-refractivity contribution is 0.0802. The van der Waals surface area contributed by atoms with Gasteiger partial charge in [-0.25, -0.2) is 0 Å². The van der Waals surface area contributed by atoms with Gasteiger partial charge in [-0.2, -0.15) is 0 Å². The minimum absolute atomic E-state index is 0.170. The van der Waals surface area contributed by atoms with E-state index < -0.39 is 0 Å². The predicted octanol–water partition coefficient (Wildman–Crippen LogP) is 2.45. The fourth-order valence-corrected chi connectivity index (χ4v) is 2.58. The molecule has 2 rings (SSSR count). The van der Waals surface area contributed by atoms with Gasteiger partial charge in [0.05, 0.1) is 5.88 Å². The van der Waals surface area contributed by atoms with Crippen LogP contribution in [0.15, 0.2) is 18.2 Å². The number of hydrogen-bond acceptors (Lipinski definition) is 2. The summed E-state index contributed by atoms with van der Waals surface area (Å²) in [4.78, 5) is 13.9. The van der Waals surface area contributed by atoms with Crippen LogP contribution in [0.4, 0.5) is 0 Å². The predicted molar refractivity (Wildman–Crippen MR) is 64.3 cm³/mol. The molecule has 0 aromatic heterocycles. The Hall–Kier alpha value is -0.960. The number of hydrogen-bond donors (Lipinski definition) is 0. The number of aryl methyl sites for hydroxylation is 2. The minimum Gasteiger partial charge on any atom is -0.329 e. The molecule has 1 aliphatic heterocycles. The zero-order valence-corrected chi connectivity index (χ0v) is 9.93. The van der Waals surface area contributed by atoms with E-state index in [9.17, 15) is 4.79 Å². The van der Waals surface area contributed by atoms with Gasteiger partial charge in [-0.1, -0.05) is 6.07 Å². The van der Waals surface area contributed by atoms with Gasteiger partial charge in [0.2, 0.25) is 0 Å². The Labute approximate surface area is 94.7 Å². The summed E-state index contributed by atoms with van der Waals surface area (Å²) in [5.41, 5.74) is 3.25. The summed E-state index contributed by atoms with van der Waals surface area (Å²) in [5, 5.41) is 0. The van der Waals surface area contributed by atoms with E-state index in [1.54, 1.807) is 0 Å². The molecule has 3 heteroatoms. The molecule has 1 saturated heterocycles. The first-order valence-corrected chi connectivity index (χ1v) is 6.28. The highest BCUT2D eigenvalue weighted by atomic mass is 32.2. The summed E-state index contributed by atoms with van der Waals surface area (Å²) in [6.45, 7) is 5.00. The largest absolute Gasteiger partial charge is 0.329 e. The van der Waals surface area contributed by atoms with Crippen LogP contribution < -0.4 is 0 Å². The Morgan fingerprint density at radius 3 is 2.73 bits per heavy atom. The number of carbonyl (C=O) groups is 1. The van der Waals surface area contributed by atoms with Crippen molar-refractivity contribution in [2.24, 2.45) is 0 Å². The van der Waals surface area contributed by atoms with Crippen molar-refractivity contribution in [1.82, 2.24) is 4.90 Å². The summed E-state index contributed by atoms with van der Waals surface area (Å²) in [6, 6.07) is 5.93. The third-order valence-corrected chi connectivity index (χ3v) is 3.76. The van der Waals surface area contributed by atoms with Crippen molar-refractivity contribution in [3.8, 4) is 0 Å². The summed E-state index contributed by atoms with van der Waals surface area (Å²) in [5.74, 6) is 2.07. The molecule has 0 bridgehead atoms. The molecule has 1 aromatic rings. The molecule has 1 aromatic carbocycles. The van der Waals surface area contributed by atoms with E-state index in [1.165, 1.54) is 11.1 Å². The van der Waals surface area contributed by atoms with Crippen molar-refractivity contribution >= 4 is 17.7 Å². The van der Waals surface area contributed by atoms with Crippen molar-refractivity contribution in [3.63, 3.8) is 0 Å². The highest BCUT2D eigenvalue weighted by Gasteiger charge is 2.19. The number of benzene rings is 1. The monoisotopic (exact) mass is 221 g/mol. The van der Waals surface area contributed by atoms with E-state index in [1.807, 2.05) is 41.8 Å². The molecular formula is C12H15NOS. The van der Waals surface area contributed by atoms with Crippen LogP contribution in [0, 0.1) is 13.8 Å². The molecule has 0 spiro atoms. The molecule has 0 atom stereocenters. The minimum atomic E-state index is 0.170. The Bertz CT molecular complexity index is 383. The van der Waals surface area contributed by atoms with Crippen molar-refractivity contribution in [1.29, 1.82) is 0 Å². The van der Waals surface area contributed by atoms with Crippen LogP contribution in [-0.2, 0) is 0 Å². The first-order valence-electron chi connectivity index (χ1n) is 5.13. The van der Waals surface area contributed by atoms with Gasteiger partial charge in [-0.15, -0.1) is 11.8 Å². The molecule has 1 aliphatic rings. The van der Waals surface area contributed by atoms with Crippen LogP contribution in [-0.4, -0.2) is 29.0 Å². The standard InChI is InChI=1S/C12H15NOS/c1-9-3-4-11(7-10(9)2)12(14)13-5-6-15-8-13/h3-4,7H,5-6,8H2,1-2H3. The maximum atomic E-state index is 12.0. The van der Waals surface area contributed by atoms with E-state index in [0.717, 1.165) is 23.7 Å². The lowest BCUT2D eigenvalue weighted by atomic mass is 10.1. The number of rotatable bonds is 1. The first-order chi connectivity index (χ1) is 7.18. The van der Waals surface area contributed by atoms with Crippen molar-refractivity contribution in [2.45, 2.75) is 13.8 Å². The Morgan fingerprint density at radius 2 is 2.13 bits per heavy atom. The third-order valence-electron chi connectivity index (χ3n) is 2.79. The molecule has 0 N–H and O–H groups in total. The van der Waals surface area contributed by atoms with Gasteiger partial charge < -0.3 is 4.90 Å². The Balaban J connectivity index is 2.21. The fraction of sp³-hybridized carbons (Fsp3) is 0.417. The number of amides is 1. The average molecular weight is 221 g/mol. The summed E-state index contributed by atoms with van der Waals surface area (Å²) in [6.07, 6.45) is 0. The van der Waals surface area contributed by atoms with Gasteiger partial charge in [0, 0.05) is 17.9 Å². The second-order valence-electron chi connectivity index (χ2n) is 3.90. The van der Waals surface area contributed by atoms with E-state index in [-0.39, 0.29) is 5.91 Å². The van der Waals surface area contributed by atoms with E-state index in [2.05, 4.69) is 6.92 Å². The zero-order valence-electron chi connectivity index (χ0n) is 9.12. The van der Waals surface area contributed by atoms with Gasteiger partial charge in [-0.3, -0.25) is 4.79 Å². The van der Waals surface area contributed by atoms with Gasteiger partial charge in [0.1, 0.15) is 0 Å². The molecule has 2 nitrogen and oxygen atoms in total. The molecule has 1 amide bonds. The van der Waals surface area contributed by atoms with Crippen molar-refractivity contribution in [3.05, 3.63) is 34.9 Å². The summed E-state index contributed by atoms with van der Waals surface area (Å²) in [7, 11) is 0. The normalized spacial score (nSPS) is 15.7. The first kappa shape index (κ1) is 10.6. The van der Waals surface area contributed by atoms with E-state index >= 15 is 0 Å². The molecule has 0 unspecified atom stereocenters. The van der Waals surface area contributed by atoms with Gasteiger partial charge in [-0.05, 0) is 37.1 Å². The third kappa shape index (κ3) is 2.17. The average Bonchev–Trinajstić information content (AvgIpc) is 2.74. The molecule has 1 heterocycles. The quantitative estimate of drug-likeness (QED) is 0.726. The second kappa shape index (κ2) is 4.27.